The van der Waals surface area contributed by atoms with Crippen LogP contribution >= 0.6 is 0 Å². The zero-order chi connectivity index (χ0) is 9.80. The van der Waals surface area contributed by atoms with Crippen LogP contribution in [0.3, 0.4) is 0 Å². The van der Waals surface area contributed by atoms with Gasteiger partial charge in [-0.05, 0) is 0 Å². The van der Waals surface area contributed by atoms with Gasteiger partial charge in [-0.25, -0.2) is 9.97 Å². The Labute approximate surface area is 81.5 Å². The van der Waals surface area contributed by atoms with Crippen molar-refractivity contribution in [3.05, 3.63) is 18.7 Å². The van der Waals surface area contributed by atoms with E-state index >= 15 is 0 Å². The van der Waals surface area contributed by atoms with Crippen LogP contribution < -0.4 is 5.32 Å². The predicted octanol–water partition coefficient (Wildman–Crippen LogP) is 0.452. The number of rotatable bonds is 3. The first-order valence-electron chi connectivity index (χ1n) is 4.47. The van der Waals surface area contributed by atoms with E-state index in [1.54, 1.807) is 12.4 Å². The molecule has 1 amide bonds. The lowest BCUT2D eigenvalue weighted by atomic mass is 10.0. The van der Waals surface area contributed by atoms with Gasteiger partial charge in [0.15, 0.2) is 0 Å². The molecule has 14 heavy (non-hydrogen) atoms. The van der Waals surface area contributed by atoms with Crippen molar-refractivity contribution in [1.82, 2.24) is 9.97 Å². The van der Waals surface area contributed by atoms with Crippen LogP contribution in [-0.2, 0) is 9.53 Å². The van der Waals surface area contributed by atoms with Gasteiger partial charge in [0.05, 0.1) is 31.3 Å². The van der Waals surface area contributed by atoms with Crippen LogP contribution in [0.2, 0.25) is 0 Å². The number of hydrogen-bond acceptors (Lipinski definition) is 4. The van der Waals surface area contributed by atoms with Crippen molar-refractivity contribution in [1.29, 1.82) is 0 Å². The third-order valence-electron chi connectivity index (χ3n) is 2.03. The molecule has 1 saturated heterocycles. The summed E-state index contributed by atoms with van der Waals surface area (Å²) in [6, 6.07) is 0. The summed E-state index contributed by atoms with van der Waals surface area (Å²) in [4.78, 5) is 19.0. The molecule has 1 aromatic rings. The van der Waals surface area contributed by atoms with Gasteiger partial charge in [-0.3, -0.25) is 4.79 Å². The van der Waals surface area contributed by atoms with Crippen molar-refractivity contribution in [2.75, 3.05) is 18.5 Å². The topological polar surface area (TPSA) is 64.1 Å². The first-order valence-corrected chi connectivity index (χ1v) is 4.47. The molecule has 5 heteroatoms. The van der Waals surface area contributed by atoms with E-state index < -0.39 is 0 Å². The van der Waals surface area contributed by atoms with Gasteiger partial charge >= 0.3 is 0 Å². The van der Waals surface area contributed by atoms with Crippen LogP contribution in [-0.4, -0.2) is 29.1 Å². The third-order valence-corrected chi connectivity index (χ3v) is 2.03. The van der Waals surface area contributed by atoms with Gasteiger partial charge in [0.25, 0.3) is 0 Å². The standard InChI is InChI=1S/C9H11N3O2/c13-9(1-7-4-14-5-7)12-8-2-10-6-11-3-8/h2-3,6-7H,1,4-5H2,(H,12,13). The number of carbonyl (C=O) groups is 1. The summed E-state index contributed by atoms with van der Waals surface area (Å²) in [5, 5.41) is 2.72. The van der Waals surface area contributed by atoms with Crippen molar-refractivity contribution < 1.29 is 9.53 Å². The van der Waals surface area contributed by atoms with Crippen LogP contribution in [0.15, 0.2) is 18.7 Å². The molecular formula is C9H11N3O2. The summed E-state index contributed by atoms with van der Waals surface area (Å²) < 4.78 is 4.98. The number of carbonyl (C=O) groups excluding carboxylic acids is 1. The molecule has 1 N–H and O–H groups in total. The molecule has 0 atom stereocenters. The van der Waals surface area contributed by atoms with E-state index in [0.717, 1.165) is 0 Å². The number of aromatic nitrogens is 2. The molecule has 1 aromatic heterocycles. The van der Waals surface area contributed by atoms with Crippen LogP contribution in [0.4, 0.5) is 5.69 Å². The lowest BCUT2D eigenvalue weighted by Crippen LogP contribution is -2.31. The molecule has 0 aliphatic carbocycles. The molecule has 0 bridgehead atoms. The van der Waals surface area contributed by atoms with E-state index in [1.165, 1.54) is 6.33 Å². The normalized spacial score (nSPS) is 16.0. The Morgan fingerprint density at radius 1 is 1.50 bits per heavy atom. The van der Waals surface area contributed by atoms with Crippen molar-refractivity contribution in [2.45, 2.75) is 6.42 Å². The van der Waals surface area contributed by atoms with Crippen molar-refractivity contribution in [3.8, 4) is 0 Å². The van der Waals surface area contributed by atoms with Crippen molar-refractivity contribution in [3.63, 3.8) is 0 Å². The summed E-state index contributed by atoms with van der Waals surface area (Å²) in [6.07, 6.45) is 5.08. The molecule has 0 spiro atoms. The van der Waals surface area contributed by atoms with E-state index in [9.17, 15) is 4.79 Å². The average molecular weight is 193 g/mol. The van der Waals surface area contributed by atoms with Crippen molar-refractivity contribution >= 4 is 11.6 Å². The first kappa shape index (κ1) is 9.08. The van der Waals surface area contributed by atoms with E-state index in [1.807, 2.05) is 0 Å². The Bertz CT molecular complexity index is 311. The van der Waals surface area contributed by atoms with Gasteiger partial charge in [-0.2, -0.15) is 0 Å². The third kappa shape index (κ3) is 2.26. The zero-order valence-corrected chi connectivity index (χ0v) is 7.64. The highest BCUT2D eigenvalue weighted by molar-refractivity contribution is 5.90. The molecule has 1 aliphatic heterocycles. The quantitative estimate of drug-likeness (QED) is 0.757. The predicted molar refractivity (Wildman–Crippen MR) is 49.6 cm³/mol. The molecule has 1 aliphatic rings. The molecule has 2 rings (SSSR count). The van der Waals surface area contributed by atoms with Crippen LogP contribution in [0.1, 0.15) is 6.42 Å². The second-order valence-corrected chi connectivity index (χ2v) is 3.28. The maximum Gasteiger partial charge on any atom is 0.224 e. The molecule has 74 valence electrons. The van der Waals surface area contributed by atoms with Gasteiger partial charge in [0, 0.05) is 12.3 Å². The summed E-state index contributed by atoms with van der Waals surface area (Å²) in [5.74, 6) is 0.368. The second kappa shape index (κ2) is 4.15. The fourth-order valence-corrected chi connectivity index (χ4v) is 1.24. The van der Waals surface area contributed by atoms with Gasteiger partial charge in [-0.1, -0.05) is 0 Å². The lowest BCUT2D eigenvalue weighted by molar-refractivity contribution is -0.121. The average Bonchev–Trinajstić information content (AvgIpc) is 2.13. The van der Waals surface area contributed by atoms with Gasteiger partial charge < -0.3 is 10.1 Å². The Kier molecular flexibility index (Phi) is 2.69. The molecule has 1 fully saturated rings. The molecule has 5 nitrogen and oxygen atoms in total. The Morgan fingerprint density at radius 2 is 2.21 bits per heavy atom. The molecule has 0 saturated carbocycles. The number of amides is 1. The monoisotopic (exact) mass is 193 g/mol. The maximum atomic E-state index is 11.4. The highest BCUT2D eigenvalue weighted by atomic mass is 16.5. The molecule has 2 heterocycles. The molecule has 0 radical (unpaired) electrons. The number of nitrogens with zero attached hydrogens (tertiary/aromatic N) is 2. The summed E-state index contributed by atoms with van der Waals surface area (Å²) in [7, 11) is 0. The number of ether oxygens (including phenoxy) is 1. The highest BCUT2D eigenvalue weighted by Gasteiger charge is 2.21. The Hall–Kier alpha value is -1.49. The van der Waals surface area contributed by atoms with Crippen LogP contribution in [0, 0.1) is 5.92 Å². The summed E-state index contributed by atoms with van der Waals surface area (Å²) >= 11 is 0. The number of anilines is 1. The largest absolute Gasteiger partial charge is 0.381 e. The zero-order valence-electron chi connectivity index (χ0n) is 7.64. The van der Waals surface area contributed by atoms with Gasteiger partial charge in [-0.15, -0.1) is 0 Å². The van der Waals surface area contributed by atoms with Crippen molar-refractivity contribution in [2.24, 2.45) is 5.92 Å². The minimum absolute atomic E-state index is 0.00639. The number of hydrogen-bond donors (Lipinski definition) is 1. The van der Waals surface area contributed by atoms with Crippen LogP contribution in [0.25, 0.3) is 0 Å². The minimum Gasteiger partial charge on any atom is -0.381 e. The fraction of sp³-hybridized carbons (Fsp3) is 0.444. The number of nitrogens with one attached hydrogen (secondary N) is 1. The lowest BCUT2D eigenvalue weighted by Gasteiger charge is -2.24. The minimum atomic E-state index is -0.00639. The van der Waals surface area contributed by atoms with Gasteiger partial charge in [0.2, 0.25) is 5.91 Å². The summed E-state index contributed by atoms with van der Waals surface area (Å²) in [6.45, 7) is 1.39. The fourth-order valence-electron chi connectivity index (χ4n) is 1.24. The molecular weight excluding hydrogens is 182 g/mol. The van der Waals surface area contributed by atoms with E-state index in [-0.39, 0.29) is 5.91 Å². The SMILES string of the molecule is O=C(CC1COC1)Nc1cncnc1. The molecule has 0 aromatic carbocycles. The Morgan fingerprint density at radius 3 is 2.79 bits per heavy atom. The molecule has 0 unspecified atom stereocenters. The smallest absolute Gasteiger partial charge is 0.224 e. The second-order valence-electron chi connectivity index (χ2n) is 3.28. The van der Waals surface area contributed by atoms with E-state index in [4.69, 9.17) is 4.74 Å². The van der Waals surface area contributed by atoms with Gasteiger partial charge in [0.1, 0.15) is 6.33 Å². The summed E-state index contributed by atoms with van der Waals surface area (Å²) in [5.41, 5.74) is 0.637. The maximum absolute atomic E-state index is 11.4. The van der Waals surface area contributed by atoms with E-state index in [2.05, 4.69) is 15.3 Å². The van der Waals surface area contributed by atoms with E-state index in [0.29, 0.717) is 31.2 Å². The first-order chi connectivity index (χ1) is 6.84. The van der Waals surface area contributed by atoms with Crippen LogP contribution in [0.5, 0.6) is 0 Å². The highest BCUT2D eigenvalue weighted by Crippen LogP contribution is 2.15. The Balaban J connectivity index is 1.82.